The molecular formula is C15H20O6S. The average molecular weight is 328 g/mol. The molecular weight excluding hydrogens is 308 g/mol. The maximum absolute atomic E-state index is 10.1. The monoisotopic (exact) mass is 328 g/mol. The first-order chi connectivity index (χ1) is 10.4. The van der Waals surface area contributed by atoms with E-state index in [1.54, 1.807) is 19.1 Å². The van der Waals surface area contributed by atoms with Crippen LogP contribution in [0, 0.1) is 6.92 Å². The number of aliphatic hydroxyl groups is 2. The van der Waals surface area contributed by atoms with E-state index in [1.807, 2.05) is 19.1 Å². The van der Waals surface area contributed by atoms with E-state index in [0.29, 0.717) is 5.75 Å². The van der Waals surface area contributed by atoms with Crippen molar-refractivity contribution >= 4 is 17.5 Å². The van der Waals surface area contributed by atoms with Crippen LogP contribution in [0.5, 0.6) is 5.75 Å². The minimum absolute atomic E-state index is 0.184. The summed E-state index contributed by atoms with van der Waals surface area (Å²) in [4.78, 5) is 0. The number of methoxy groups -OCH3 is 1. The largest absolute Gasteiger partial charge is 0.447 e. The highest BCUT2D eigenvalue weighted by molar-refractivity contribution is 7.79. The zero-order valence-electron chi connectivity index (χ0n) is 12.6. The van der Waals surface area contributed by atoms with Gasteiger partial charge in [-0.3, -0.25) is 0 Å². The van der Waals surface area contributed by atoms with Gasteiger partial charge in [-0.05, 0) is 26.0 Å². The highest BCUT2D eigenvalue weighted by Crippen LogP contribution is 2.24. The van der Waals surface area contributed by atoms with Crippen molar-refractivity contribution in [2.24, 2.45) is 0 Å². The van der Waals surface area contributed by atoms with Crippen molar-refractivity contribution in [2.45, 2.75) is 44.6 Å². The van der Waals surface area contributed by atoms with E-state index in [2.05, 4.69) is 0 Å². The Hall–Kier alpha value is -1.25. The molecule has 0 unspecified atom stereocenters. The molecule has 0 saturated carbocycles. The van der Waals surface area contributed by atoms with E-state index in [-0.39, 0.29) is 5.24 Å². The van der Waals surface area contributed by atoms with E-state index in [9.17, 15) is 10.2 Å². The van der Waals surface area contributed by atoms with E-state index in [1.165, 1.54) is 7.11 Å². The van der Waals surface area contributed by atoms with Gasteiger partial charge in [0, 0.05) is 19.3 Å². The molecule has 1 aromatic carbocycles. The lowest BCUT2D eigenvalue weighted by Gasteiger charge is -2.40. The van der Waals surface area contributed by atoms with Crippen molar-refractivity contribution in [3.05, 3.63) is 29.8 Å². The molecule has 122 valence electrons. The Balaban J connectivity index is 2.00. The van der Waals surface area contributed by atoms with Crippen LogP contribution in [0.2, 0.25) is 0 Å². The molecule has 7 heteroatoms. The van der Waals surface area contributed by atoms with Gasteiger partial charge in [0.25, 0.3) is 0 Å². The first-order valence-electron chi connectivity index (χ1n) is 6.92. The van der Waals surface area contributed by atoms with Crippen molar-refractivity contribution in [2.75, 3.05) is 7.11 Å². The number of benzene rings is 1. The normalized spacial score (nSPS) is 31.6. The second kappa shape index (κ2) is 7.34. The number of aryl methyl sites for hydroxylation is 1. The van der Waals surface area contributed by atoms with Gasteiger partial charge in [-0.25, -0.2) is 0 Å². The highest BCUT2D eigenvalue weighted by Gasteiger charge is 2.45. The van der Waals surface area contributed by atoms with Gasteiger partial charge < -0.3 is 29.2 Å². The zero-order valence-corrected chi connectivity index (χ0v) is 13.4. The van der Waals surface area contributed by atoms with E-state index in [4.69, 9.17) is 31.2 Å². The Morgan fingerprint density at radius 1 is 1.18 bits per heavy atom. The van der Waals surface area contributed by atoms with Crippen LogP contribution in [0.25, 0.3) is 0 Å². The number of thiocarbonyl (C=S) groups is 1. The average Bonchev–Trinajstić information content (AvgIpc) is 2.49. The lowest BCUT2D eigenvalue weighted by atomic mass is 10.00. The van der Waals surface area contributed by atoms with Gasteiger partial charge in [-0.1, -0.05) is 17.7 Å². The molecule has 0 bridgehead atoms. The first-order valence-corrected chi connectivity index (χ1v) is 7.32. The smallest absolute Gasteiger partial charge is 0.358 e. The summed E-state index contributed by atoms with van der Waals surface area (Å²) in [5.41, 5.74) is 1.09. The molecule has 0 aromatic heterocycles. The third-order valence-corrected chi connectivity index (χ3v) is 3.65. The van der Waals surface area contributed by atoms with Crippen molar-refractivity contribution in [1.29, 1.82) is 0 Å². The van der Waals surface area contributed by atoms with Crippen molar-refractivity contribution in [3.63, 3.8) is 0 Å². The Morgan fingerprint density at radius 3 is 2.41 bits per heavy atom. The van der Waals surface area contributed by atoms with Gasteiger partial charge >= 0.3 is 5.24 Å². The summed E-state index contributed by atoms with van der Waals surface area (Å²) >= 11 is 5.02. The van der Waals surface area contributed by atoms with Gasteiger partial charge in [0.1, 0.15) is 18.0 Å². The van der Waals surface area contributed by atoms with Gasteiger partial charge in [-0.2, -0.15) is 0 Å². The van der Waals surface area contributed by atoms with E-state index < -0.39 is 30.7 Å². The van der Waals surface area contributed by atoms with Gasteiger partial charge in [0.05, 0.1) is 6.10 Å². The molecule has 5 atom stereocenters. The standard InChI is InChI=1S/C15H20O6S/c1-8-4-6-10(7-5-8)20-15(22)21-13-11(16)9(2)19-14(18-3)12(13)17/h4-7,9,11-14,16-17H,1-3H3/t9-,11-,12+,13+,14-/m0/s1. The molecule has 2 N–H and O–H groups in total. The Kier molecular flexibility index (Phi) is 5.71. The lowest BCUT2D eigenvalue weighted by molar-refractivity contribution is -0.284. The molecule has 1 aliphatic heterocycles. The number of aliphatic hydroxyl groups excluding tert-OH is 2. The van der Waals surface area contributed by atoms with Crippen LogP contribution in [0.1, 0.15) is 12.5 Å². The quantitative estimate of drug-likeness (QED) is 0.806. The second-order valence-corrected chi connectivity index (χ2v) is 5.51. The van der Waals surface area contributed by atoms with Crippen LogP contribution >= 0.6 is 12.2 Å². The molecule has 6 nitrogen and oxygen atoms in total. The van der Waals surface area contributed by atoms with Crippen LogP contribution in [0.3, 0.4) is 0 Å². The van der Waals surface area contributed by atoms with Crippen LogP contribution in [-0.2, 0) is 14.2 Å². The summed E-state index contributed by atoms with van der Waals surface area (Å²) in [6, 6.07) is 7.25. The fraction of sp³-hybridized carbons (Fsp3) is 0.533. The summed E-state index contributed by atoms with van der Waals surface area (Å²) in [6.45, 7) is 3.61. The molecule has 0 aliphatic carbocycles. The minimum Gasteiger partial charge on any atom is -0.447 e. The molecule has 22 heavy (non-hydrogen) atoms. The van der Waals surface area contributed by atoms with Crippen molar-refractivity contribution in [1.82, 2.24) is 0 Å². The maximum Gasteiger partial charge on any atom is 0.358 e. The molecule has 1 heterocycles. The second-order valence-electron chi connectivity index (χ2n) is 5.17. The molecule has 1 aliphatic rings. The maximum atomic E-state index is 10.1. The van der Waals surface area contributed by atoms with E-state index >= 15 is 0 Å². The number of hydrogen-bond donors (Lipinski definition) is 2. The fourth-order valence-electron chi connectivity index (χ4n) is 2.17. The summed E-state index contributed by atoms with van der Waals surface area (Å²) in [5, 5.41) is 20.0. The van der Waals surface area contributed by atoms with E-state index in [0.717, 1.165) is 5.56 Å². The van der Waals surface area contributed by atoms with Crippen LogP contribution in [0.4, 0.5) is 0 Å². The predicted octanol–water partition coefficient (Wildman–Crippen LogP) is 1.16. The first kappa shape index (κ1) is 17.1. The van der Waals surface area contributed by atoms with Crippen molar-refractivity contribution in [3.8, 4) is 5.75 Å². The van der Waals surface area contributed by atoms with Crippen LogP contribution in [0.15, 0.2) is 24.3 Å². The summed E-state index contributed by atoms with van der Waals surface area (Å²) in [7, 11) is 1.40. The van der Waals surface area contributed by atoms with Crippen molar-refractivity contribution < 1.29 is 29.2 Å². The molecule has 2 rings (SSSR count). The van der Waals surface area contributed by atoms with Crippen LogP contribution in [-0.4, -0.2) is 53.3 Å². The molecule has 1 fully saturated rings. The molecule has 0 amide bonds. The SMILES string of the molecule is CO[C@H]1O[C@@H](C)[C@H](O)[C@@H](OC(=S)Oc2ccc(C)cc2)[C@H]1O. The molecule has 1 aromatic rings. The Labute approximate surface area is 134 Å². The minimum atomic E-state index is -1.18. The van der Waals surface area contributed by atoms with Gasteiger partial charge in [0.15, 0.2) is 12.4 Å². The molecule has 1 saturated heterocycles. The van der Waals surface area contributed by atoms with Gasteiger partial charge in [-0.15, -0.1) is 0 Å². The summed E-state index contributed by atoms with van der Waals surface area (Å²) in [5.74, 6) is 0.517. The third kappa shape index (κ3) is 3.93. The Bertz CT molecular complexity index is 505. The lowest BCUT2D eigenvalue weighted by Crippen LogP contribution is -2.58. The predicted molar refractivity (Wildman–Crippen MR) is 82.6 cm³/mol. The Morgan fingerprint density at radius 2 is 1.82 bits per heavy atom. The van der Waals surface area contributed by atoms with Crippen LogP contribution < -0.4 is 4.74 Å². The fourth-order valence-corrected chi connectivity index (χ4v) is 2.38. The topological polar surface area (TPSA) is 77.4 Å². The molecule has 0 radical (unpaired) electrons. The number of ether oxygens (including phenoxy) is 4. The summed E-state index contributed by atoms with van der Waals surface area (Å²) < 4.78 is 21.1. The highest BCUT2D eigenvalue weighted by atomic mass is 32.1. The number of rotatable bonds is 3. The van der Waals surface area contributed by atoms with Gasteiger partial charge in [0.2, 0.25) is 0 Å². The third-order valence-electron chi connectivity index (χ3n) is 3.47. The summed E-state index contributed by atoms with van der Waals surface area (Å²) in [6.07, 6.45) is -4.70. The zero-order chi connectivity index (χ0) is 16.3. The molecule has 0 spiro atoms. The number of hydrogen-bond acceptors (Lipinski definition) is 7.